The number of hydrogen-bond acceptors (Lipinski definition) is 4. The van der Waals surface area contributed by atoms with Crippen LogP contribution in [-0.4, -0.2) is 42.3 Å². The van der Waals surface area contributed by atoms with Crippen LogP contribution in [0, 0.1) is 11.7 Å². The second-order valence-corrected chi connectivity index (χ2v) is 5.10. The summed E-state index contributed by atoms with van der Waals surface area (Å²) >= 11 is 0. The molecule has 22 heavy (non-hydrogen) atoms. The third-order valence-electron chi connectivity index (χ3n) is 3.61. The fourth-order valence-electron chi connectivity index (χ4n) is 2.41. The summed E-state index contributed by atoms with van der Waals surface area (Å²) in [6.07, 6.45) is 0.689. The molecule has 6 heteroatoms. The van der Waals surface area contributed by atoms with Gasteiger partial charge < -0.3 is 9.64 Å². The van der Waals surface area contributed by atoms with E-state index in [1.807, 2.05) is 0 Å². The molecule has 1 fully saturated rings. The van der Waals surface area contributed by atoms with Gasteiger partial charge in [-0.1, -0.05) is 12.1 Å². The van der Waals surface area contributed by atoms with Crippen LogP contribution in [0.4, 0.5) is 4.39 Å². The van der Waals surface area contributed by atoms with E-state index in [-0.39, 0.29) is 24.6 Å². The van der Waals surface area contributed by atoms with Gasteiger partial charge in [0.2, 0.25) is 5.91 Å². The van der Waals surface area contributed by atoms with Crippen molar-refractivity contribution in [3.05, 3.63) is 35.6 Å². The molecular weight excluding hydrogens is 289 g/mol. The molecule has 118 valence electrons. The average Bonchev–Trinajstić information content (AvgIpc) is 2.48. The van der Waals surface area contributed by atoms with E-state index in [1.54, 1.807) is 19.1 Å². The highest BCUT2D eigenvalue weighted by Crippen LogP contribution is 2.17. The summed E-state index contributed by atoms with van der Waals surface area (Å²) in [4.78, 5) is 37.3. The molecular formula is C16H18FNO4. The van der Waals surface area contributed by atoms with E-state index in [9.17, 15) is 18.8 Å². The van der Waals surface area contributed by atoms with Gasteiger partial charge in [-0.15, -0.1) is 0 Å². The van der Waals surface area contributed by atoms with Crippen molar-refractivity contribution in [2.75, 3.05) is 19.7 Å². The van der Waals surface area contributed by atoms with Gasteiger partial charge in [0.1, 0.15) is 5.82 Å². The summed E-state index contributed by atoms with van der Waals surface area (Å²) < 4.78 is 17.6. The average molecular weight is 307 g/mol. The molecule has 1 amide bonds. The van der Waals surface area contributed by atoms with Gasteiger partial charge in [-0.3, -0.25) is 14.4 Å². The Morgan fingerprint density at radius 2 is 2.00 bits per heavy atom. The fraction of sp³-hybridized carbons (Fsp3) is 0.438. The maximum Gasteiger partial charge on any atom is 0.326 e. The lowest BCUT2D eigenvalue weighted by Crippen LogP contribution is -2.50. The summed E-state index contributed by atoms with van der Waals surface area (Å²) in [7, 11) is 0. The van der Waals surface area contributed by atoms with Crippen LogP contribution in [0.1, 0.15) is 18.9 Å². The molecule has 0 N–H and O–H groups in total. The number of halogens is 1. The SMILES string of the molecule is CCOC(=O)C1C(=O)CCN(CCc2ccc(F)cc2)C1=O. The second kappa shape index (κ2) is 7.15. The zero-order valence-corrected chi connectivity index (χ0v) is 12.4. The summed E-state index contributed by atoms with van der Waals surface area (Å²) in [5.74, 6) is -3.31. The van der Waals surface area contributed by atoms with Crippen LogP contribution in [0.25, 0.3) is 0 Å². The predicted molar refractivity (Wildman–Crippen MR) is 76.4 cm³/mol. The van der Waals surface area contributed by atoms with E-state index >= 15 is 0 Å². The van der Waals surface area contributed by atoms with E-state index in [4.69, 9.17) is 4.74 Å². The van der Waals surface area contributed by atoms with Crippen molar-refractivity contribution >= 4 is 17.7 Å². The van der Waals surface area contributed by atoms with Crippen molar-refractivity contribution in [2.24, 2.45) is 5.92 Å². The van der Waals surface area contributed by atoms with Crippen molar-refractivity contribution < 1.29 is 23.5 Å². The molecule has 1 saturated heterocycles. The normalized spacial score (nSPS) is 18.5. The van der Waals surface area contributed by atoms with Gasteiger partial charge in [0.05, 0.1) is 6.61 Å². The second-order valence-electron chi connectivity index (χ2n) is 5.10. The summed E-state index contributed by atoms with van der Waals surface area (Å²) in [6, 6.07) is 6.02. The first kappa shape index (κ1) is 16.1. The van der Waals surface area contributed by atoms with Crippen molar-refractivity contribution in [3.8, 4) is 0 Å². The summed E-state index contributed by atoms with van der Waals surface area (Å²) in [5, 5.41) is 0. The van der Waals surface area contributed by atoms with Crippen LogP contribution in [0.3, 0.4) is 0 Å². The van der Waals surface area contributed by atoms with Crippen LogP contribution in [0.15, 0.2) is 24.3 Å². The Morgan fingerprint density at radius 1 is 1.32 bits per heavy atom. The highest BCUT2D eigenvalue weighted by molar-refractivity contribution is 6.17. The van der Waals surface area contributed by atoms with Crippen LogP contribution in [-0.2, 0) is 25.5 Å². The van der Waals surface area contributed by atoms with Crippen molar-refractivity contribution in [2.45, 2.75) is 19.8 Å². The minimum atomic E-state index is -1.33. The Hall–Kier alpha value is -2.24. The molecule has 1 aliphatic heterocycles. The molecule has 0 spiro atoms. The number of carbonyl (C=O) groups excluding carboxylic acids is 3. The Kier molecular flexibility index (Phi) is 5.25. The van der Waals surface area contributed by atoms with E-state index in [2.05, 4.69) is 0 Å². The van der Waals surface area contributed by atoms with Crippen LogP contribution < -0.4 is 0 Å². The number of amides is 1. The highest BCUT2D eigenvalue weighted by Gasteiger charge is 2.41. The quantitative estimate of drug-likeness (QED) is 0.608. The van der Waals surface area contributed by atoms with Crippen LogP contribution >= 0.6 is 0 Å². The van der Waals surface area contributed by atoms with E-state index in [0.717, 1.165) is 5.56 Å². The lowest BCUT2D eigenvalue weighted by Gasteiger charge is -2.30. The Bertz CT molecular complexity index is 570. The number of ether oxygens (including phenoxy) is 1. The number of nitrogens with zero attached hydrogens (tertiary/aromatic N) is 1. The largest absolute Gasteiger partial charge is 0.465 e. The van der Waals surface area contributed by atoms with Gasteiger partial charge in [-0.2, -0.15) is 0 Å². The van der Waals surface area contributed by atoms with Gasteiger partial charge in [0.25, 0.3) is 0 Å². The first-order valence-corrected chi connectivity index (χ1v) is 7.25. The van der Waals surface area contributed by atoms with Gasteiger partial charge >= 0.3 is 5.97 Å². The zero-order chi connectivity index (χ0) is 16.1. The maximum absolute atomic E-state index is 12.8. The molecule has 0 saturated carbocycles. The fourth-order valence-corrected chi connectivity index (χ4v) is 2.41. The summed E-state index contributed by atoms with van der Waals surface area (Å²) in [6.45, 7) is 2.44. The molecule has 0 radical (unpaired) electrons. The third-order valence-corrected chi connectivity index (χ3v) is 3.61. The van der Waals surface area contributed by atoms with Crippen LogP contribution in [0.2, 0.25) is 0 Å². The number of rotatable bonds is 5. The number of piperidine rings is 1. The number of carbonyl (C=O) groups is 3. The van der Waals surface area contributed by atoms with Crippen molar-refractivity contribution in [3.63, 3.8) is 0 Å². The van der Waals surface area contributed by atoms with Gasteiger partial charge in [-0.05, 0) is 31.0 Å². The van der Waals surface area contributed by atoms with E-state index < -0.39 is 17.8 Å². The van der Waals surface area contributed by atoms with Gasteiger partial charge in [-0.25, -0.2) is 4.39 Å². The molecule has 1 atom stereocenters. The minimum absolute atomic E-state index is 0.130. The van der Waals surface area contributed by atoms with Crippen LogP contribution in [0.5, 0.6) is 0 Å². The molecule has 0 aliphatic carbocycles. The lowest BCUT2D eigenvalue weighted by atomic mass is 9.95. The Morgan fingerprint density at radius 3 is 2.64 bits per heavy atom. The highest BCUT2D eigenvalue weighted by atomic mass is 19.1. The molecule has 1 aromatic rings. The van der Waals surface area contributed by atoms with E-state index in [0.29, 0.717) is 19.5 Å². The first-order chi connectivity index (χ1) is 10.5. The number of benzene rings is 1. The third kappa shape index (κ3) is 3.69. The molecule has 1 unspecified atom stereocenters. The van der Waals surface area contributed by atoms with E-state index in [1.165, 1.54) is 17.0 Å². The number of Topliss-reactive ketones (excluding diaryl/α,β-unsaturated/α-hetero) is 1. The van der Waals surface area contributed by atoms with Gasteiger partial charge in [0.15, 0.2) is 11.7 Å². The number of hydrogen-bond donors (Lipinski definition) is 0. The monoisotopic (exact) mass is 307 g/mol. The van der Waals surface area contributed by atoms with Gasteiger partial charge in [0, 0.05) is 19.5 Å². The molecule has 1 aromatic carbocycles. The topological polar surface area (TPSA) is 63.7 Å². The number of likely N-dealkylation sites (tertiary alicyclic amines) is 1. The maximum atomic E-state index is 12.8. The van der Waals surface area contributed by atoms with Crippen molar-refractivity contribution in [1.29, 1.82) is 0 Å². The molecule has 0 aromatic heterocycles. The number of esters is 1. The zero-order valence-electron chi connectivity index (χ0n) is 12.4. The summed E-state index contributed by atoms with van der Waals surface area (Å²) in [5.41, 5.74) is 0.888. The smallest absolute Gasteiger partial charge is 0.326 e. The Labute approximate surface area is 128 Å². The predicted octanol–water partition coefficient (Wildman–Crippen LogP) is 1.35. The minimum Gasteiger partial charge on any atom is -0.465 e. The molecule has 1 heterocycles. The molecule has 2 rings (SSSR count). The first-order valence-electron chi connectivity index (χ1n) is 7.25. The lowest BCUT2D eigenvalue weighted by molar-refractivity contribution is -0.161. The molecule has 0 bridgehead atoms. The number of ketones is 1. The standard InChI is InChI=1S/C16H18FNO4/c1-2-22-16(21)14-13(19)8-10-18(15(14)20)9-7-11-3-5-12(17)6-4-11/h3-6,14H,2,7-10H2,1H3. The van der Waals surface area contributed by atoms with Crippen molar-refractivity contribution in [1.82, 2.24) is 4.90 Å². The Balaban J connectivity index is 1.99. The molecule has 5 nitrogen and oxygen atoms in total. The molecule has 1 aliphatic rings.